The summed E-state index contributed by atoms with van der Waals surface area (Å²) in [6.45, 7) is 17.0. The highest BCUT2D eigenvalue weighted by Gasteiger charge is 2.26. The highest BCUT2D eigenvalue weighted by Crippen LogP contribution is 2.44. The van der Waals surface area contributed by atoms with Crippen molar-refractivity contribution in [2.24, 2.45) is 0 Å². The predicted octanol–water partition coefficient (Wildman–Crippen LogP) is 18.1. The van der Waals surface area contributed by atoms with Gasteiger partial charge in [0.1, 0.15) is 17.3 Å². The van der Waals surface area contributed by atoms with Crippen molar-refractivity contribution in [2.45, 2.75) is 72.1 Å². The highest BCUT2D eigenvalue weighted by atomic mass is 16.5. The molecule has 0 atom stereocenters. The van der Waals surface area contributed by atoms with Crippen LogP contribution < -0.4 is 9.30 Å². The number of nitrogens with zero attached hydrogens (tertiary/aromatic N) is 5. The fourth-order valence-electron chi connectivity index (χ4n) is 11.1. The van der Waals surface area contributed by atoms with Crippen LogP contribution in [-0.2, 0) is 10.8 Å². The third-order valence-electron chi connectivity index (χ3n) is 15.0. The van der Waals surface area contributed by atoms with Crippen molar-refractivity contribution in [3.63, 3.8) is 0 Å². The van der Waals surface area contributed by atoms with Gasteiger partial charge in [-0.2, -0.15) is 0 Å². The molecule has 0 spiro atoms. The molecule has 0 bridgehead atoms. The minimum Gasteiger partial charge on any atom is -0.458 e. The first-order valence-electron chi connectivity index (χ1n) is 29.3. The number of aromatic nitrogens is 5. The van der Waals surface area contributed by atoms with E-state index in [9.17, 15) is 2.74 Å². The minimum atomic E-state index is -0.865. The molecular weight excluding hydrogens is 939 g/mol. The van der Waals surface area contributed by atoms with Crippen molar-refractivity contribution in [1.29, 1.82) is 0 Å². The van der Waals surface area contributed by atoms with Crippen molar-refractivity contribution < 1.29 is 17.5 Å². The Morgan fingerprint density at radius 2 is 1.14 bits per heavy atom. The lowest BCUT2D eigenvalue weighted by molar-refractivity contribution is -0.571. The van der Waals surface area contributed by atoms with Crippen molar-refractivity contribution >= 4 is 54.6 Å². The lowest BCUT2D eigenvalue weighted by Crippen LogP contribution is -2.31. The molecule has 0 amide bonds. The Morgan fingerprint density at radius 1 is 0.545 bits per heavy atom. The van der Waals surface area contributed by atoms with E-state index >= 15 is 0 Å². The number of para-hydroxylation sites is 6. The zero-order valence-electron chi connectivity index (χ0n) is 50.5. The topological polar surface area (TPSA) is 40.8 Å². The van der Waals surface area contributed by atoms with Gasteiger partial charge in [-0.1, -0.05) is 207 Å². The molecule has 4 heterocycles. The van der Waals surface area contributed by atoms with Crippen molar-refractivity contribution in [3.8, 4) is 56.6 Å². The Morgan fingerprint density at radius 3 is 1.81 bits per heavy atom. The molecule has 376 valence electrons. The Balaban J connectivity index is 1.03. The molecule has 0 unspecified atom stereocenters. The Kier molecular flexibility index (Phi) is 9.85. The zero-order chi connectivity index (χ0) is 58.0. The summed E-state index contributed by atoms with van der Waals surface area (Å²) in [5.74, 6) is 0.988. The summed E-state index contributed by atoms with van der Waals surface area (Å²) in [7, 11) is 0. The second-order valence-corrected chi connectivity index (χ2v) is 22.3. The molecule has 0 aliphatic rings. The molecule has 0 aliphatic carbocycles. The molecule has 0 aliphatic heterocycles. The van der Waals surface area contributed by atoms with Gasteiger partial charge in [-0.25, -0.2) is 4.98 Å². The summed E-state index contributed by atoms with van der Waals surface area (Å²) in [6, 6.07) is 60.2. The maximum absolute atomic E-state index is 9.32. The molecule has 77 heavy (non-hydrogen) atoms. The average Bonchev–Trinajstić information content (AvgIpc) is 3.99. The molecule has 0 N–H and O–H groups in total. The Bertz CT molecular complexity index is 4680. The van der Waals surface area contributed by atoms with Crippen LogP contribution in [0.2, 0.25) is 0 Å². The van der Waals surface area contributed by atoms with Crippen LogP contribution in [0.4, 0.5) is 0 Å². The van der Waals surface area contributed by atoms with Gasteiger partial charge in [-0.05, 0) is 104 Å². The molecule has 6 nitrogen and oxygen atoms in total. The van der Waals surface area contributed by atoms with E-state index in [1.807, 2.05) is 102 Å². The second kappa shape index (κ2) is 18.4. The van der Waals surface area contributed by atoms with Gasteiger partial charge in [-0.3, -0.25) is 13.7 Å². The summed E-state index contributed by atoms with van der Waals surface area (Å²) in [5.41, 5.74) is 12.9. The van der Waals surface area contributed by atoms with Gasteiger partial charge < -0.3 is 9.30 Å². The molecule has 4 aromatic heterocycles. The van der Waals surface area contributed by atoms with E-state index in [1.165, 1.54) is 0 Å². The summed E-state index contributed by atoms with van der Waals surface area (Å²) >= 11 is 0. The monoisotopic (exact) mass is 1010 g/mol. The van der Waals surface area contributed by atoms with E-state index in [4.69, 9.17) is 15.2 Å². The van der Waals surface area contributed by atoms with Crippen molar-refractivity contribution in [3.05, 3.63) is 241 Å². The van der Waals surface area contributed by atoms with Gasteiger partial charge in [-0.15, -0.1) is 0 Å². The van der Waals surface area contributed by atoms with Crippen LogP contribution in [0.25, 0.3) is 99.8 Å². The number of pyridine rings is 1. The smallest absolute Gasteiger partial charge is 0.269 e. The van der Waals surface area contributed by atoms with Gasteiger partial charge in [0, 0.05) is 41.2 Å². The number of hydrogen-bond donors (Lipinski definition) is 0. The third-order valence-corrected chi connectivity index (χ3v) is 15.0. The van der Waals surface area contributed by atoms with Gasteiger partial charge in [0.15, 0.2) is 0 Å². The van der Waals surface area contributed by atoms with E-state index in [1.54, 1.807) is 6.20 Å². The van der Waals surface area contributed by atoms with Crippen LogP contribution in [-0.4, -0.2) is 18.7 Å². The van der Waals surface area contributed by atoms with E-state index in [-0.39, 0.29) is 28.5 Å². The number of fused-ring (bicyclic) bond motifs is 7. The van der Waals surface area contributed by atoms with E-state index in [0.717, 1.165) is 93.8 Å². The molecule has 0 saturated heterocycles. The van der Waals surface area contributed by atoms with Crippen LogP contribution in [0.5, 0.6) is 11.5 Å². The van der Waals surface area contributed by atoms with Crippen molar-refractivity contribution in [2.75, 3.05) is 0 Å². The Labute approximate surface area is 459 Å². The fourth-order valence-corrected chi connectivity index (χ4v) is 11.1. The van der Waals surface area contributed by atoms with E-state index in [2.05, 4.69) is 160 Å². The van der Waals surface area contributed by atoms with Gasteiger partial charge in [0.05, 0.1) is 57.0 Å². The van der Waals surface area contributed by atoms with Crippen LogP contribution in [0.1, 0.15) is 86.2 Å². The summed E-state index contributed by atoms with van der Waals surface area (Å²) in [6.07, 6.45) is 5.53. The lowest BCUT2D eigenvalue weighted by Gasteiger charge is -2.27. The van der Waals surface area contributed by atoms with Crippen LogP contribution in [0, 0.1) is 6.33 Å². The molecule has 9 aromatic carbocycles. The second-order valence-electron chi connectivity index (χ2n) is 22.3. The SMILES string of the molecule is [2H]c1c([2H])c([2H])c(-c2cccc(-c3cc(C(C)(C)C)cc(C(C)(C)C)c3)c2-[n+]2[c-]n(-c3cccc(Oc4cc(-n5c6ccccc6c6ccccc65)c5c6ccccc6n(-c6cc(C([2H])(C)C)ccn6)c5c4)c3)c3ccccc32)c([2H])c1[2H]. The molecule has 0 radical (unpaired) electrons. The van der Waals surface area contributed by atoms with E-state index < -0.39 is 24.0 Å². The first-order chi connectivity index (χ1) is 39.7. The number of rotatable bonds is 9. The normalized spacial score (nSPS) is 13.5. The maximum Gasteiger partial charge on any atom is 0.269 e. The van der Waals surface area contributed by atoms with Crippen LogP contribution in [0.3, 0.4) is 0 Å². The van der Waals surface area contributed by atoms with Crippen LogP contribution in [0.15, 0.2) is 218 Å². The zero-order valence-corrected chi connectivity index (χ0v) is 44.5. The highest BCUT2D eigenvalue weighted by molar-refractivity contribution is 6.16. The molecule has 6 heteroatoms. The molecule has 0 fully saturated rings. The molecule has 13 aromatic rings. The average molecular weight is 1010 g/mol. The quantitative estimate of drug-likeness (QED) is 0.107. The van der Waals surface area contributed by atoms with Gasteiger partial charge in [0.2, 0.25) is 0 Å². The van der Waals surface area contributed by atoms with Gasteiger partial charge >= 0.3 is 0 Å². The number of imidazole rings is 1. The molecule has 13 rings (SSSR count). The van der Waals surface area contributed by atoms with Gasteiger partial charge in [0.25, 0.3) is 6.33 Å². The first-order valence-corrected chi connectivity index (χ1v) is 26.3. The number of benzene rings is 9. The Hall–Kier alpha value is -9.00. The fraction of sp³-hybridized carbons (Fsp3) is 0.155. The van der Waals surface area contributed by atoms with E-state index in [0.29, 0.717) is 28.6 Å². The maximum atomic E-state index is 9.32. The summed E-state index contributed by atoms with van der Waals surface area (Å²) < 4.78 is 69.5. The summed E-state index contributed by atoms with van der Waals surface area (Å²) in [5, 5.41) is 4.33. The molecule has 0 saturated carbocycles. The molecular formula is C71H61N5O. The minimum absolute atomic E-state index is 0.101. The standard InChI is InChI=1S/C71H61N5O/c1-46(2)48-36-37-72-67(40-48)76-62-33-17-14-28-59(62)68-65(75-60-31-15-12-26-57(60)58-27-13-16-32-61(58)75)43-54(44-66(68)76)77-53-25-20-24-52(42-53)73-45-74(64-35-19-18-34-63(64)73)69-55(47-22-10-9-11-23-47)29-21-30-56(69)49-38-50(70(3,4)5)41-51(39-49)71(6,7)8/h9-44,46H,1-8H3/i9D,10D,11D,22D,23D,46D. The number of ether oxygens (including phenoxy) is 1. The lowest BCUT2D eigenvalue weighted by atomic mass is 9.78. The van der Waals surface area contributed by atoms with Crippen LogP contribution >= 0.6 is 0 Å². The predicted molar refractivity (Wildman–Crippen MR) is 319 cm³/mol. The van der Waals surface area contributed by atoms with Crippen molar-refractivity contribution in [1.82, 2.24) is 18.7 Å². The summed E-state index contributed by atoms with van der Waals surface area (Å²) in [4.78, 5) is 4.97. The third kappa shape index (κ3) is 8.27. The largest absolute Gasteiger partial charge is 0.458 e. The first kappa shape index (κ1) is 41.3. The number of hydrogen-bond acceptors (Lipinski definition) is 2.